The monoisotopic (exact) mass is 275 g/mol. The normalized spacial score (nSPS) is 22.9. The number of aromatic nitrogens is 1. The number of amides is 2. The Bertz CT molecular complexity index is 498. The number of carbonyl (C=O) groups excluding carboxylic acids is 2. The highest BCUT2D eigenvalue weighted by atomic mass is 16.2. The Labute approximate surface area is 119 Å². The molecule has 1 N–H and O–H groups in total. The van der Waals surface area contributed by atoms with Crippen molar-refractivity contribution in [2.24, 2.45) is 0 Å². The predicted octanol–water partition coefficient (Wildman–Crippen LogP) is 1.41. The van der Waals surface area contributed by atoms with Crippen LogP contribution in [0.1, 0.15) is 37.9 Å². The first-order chi connectivity index (χ1) is 9.52. The molecule has 20 heavy (non-hydrogen) atoms. The number of hydrogen-bond donors (Lipinski definition) is 1. The second-order valence-corrected chi connectivity index (χ2v) is 5.30. The highest BCUT2D eigenvalue weighted by Gasteiger charge is 2.37. The Morgan fingerprint density at radius 2 is 2.10 bits per heavy atom. The average molecular weight is 275 g/mol. The summed E-state index contributed by atoms with van der Waals surface area (Å²) >= 11 is 0. The number of pyridine rings is 1. The number of rotatable bonds is 4. The molecule has 5 nitrogen and oxygen atoms in total. The largest absolute Gasteiger partial charge is 0.343 e. The van der Waals surface area contributed by atoms with E-state index in [4.69, 9.17) is 0 Å². The average Bonchev–Trinajstić information content (AvgIpc) is 2.43. The summed E-state index contributed by atoms with van der Waals surface area (Å²) in [5.41, 5.74) is 1.88. The SMILES string of the molecule is CCCC1NC(=O)C(C)N(Cc2ccc(C)nc2)C1=O. The third-order valence-corrected chi connectivity index (χ3v) is 3.65. The van der Waals surface area contributed by atoms with E-state index in [2.05, 4.69) is 10.3 Å². The lowest BCUT2D eigenvalue weighted by Crippen LogP contribution is -2.61. The number of piperazine rings is 1. The van der Waals surface area contributed by atoms with Crippen molar-refractivity contribution in [3.05, 3.63) is 29.6 Å². The maximum Gasteiger partial charge on any atom is 0.246 e. The summed E-state index contributed by atoms with van der Waals surface area (Å²) in [5.74, 6) is -0.0809. The minimum atomic E-state index is -0.433. The van der Waals surface area contributed by atoms with Crippen molar-refractivity contribution in [1.29, 1.82) is 0 Å². The van der Waals surface area contributed by atoms with Crippen molar-refractivity contribution in [2.45, 2.75) is 52.2 Å². The minimum absolute atomic E-state index is 0.000440. The van der Waals surface area contributed by atoms with Crippen molar-refractivity contribution >= 4 is 11.8 Å². The van der Waals surface area contributed by atoms with Crippen LogP contribution in [0.2, 0.25) is 0 Å². The molecule has 1 aliphatic rings. The molecule has 5 heteroatoms. The lowest BCUT2D eigenvalue weighted by atomic mass is 10.0. The van der Waals surface area contributed by atoms with Gasteiger partial charge in [-0.05, 0) is 31.9 Å². The lowest BCUT2D eigenvalue weighted by Gasteiger charge is -2.37. The van der Waals surface area contributed by atoms with Gasteiger partial charge in [0.1, 0.15) is 12.1 Å². The summed E-state index contributed by atoms with van der Waals surface area (Å²) in [6.07, 6.45) is 3.31. The Morgan fingerprint density at radius 1 is 1.35 bits per heavy atom. The molecule has 1 aliphatic heterocycles. The van der Waals surface area contributed by atoms with E-state index in [9.17, 15) is 9.59 Å². The van der Waals surface area contributed by atoms with E-state index in [1.165, 1.54) is 0 Å². The first kappa shape index (κ1) is 14.5. The fraction of sp³-hybridized carbons (Fsp3) is 0.533. The van der Waals surface area contributed by atoms with Crippen LogP contribution in [-0.4, -0.2) is 33.8 Å². The second-order valence-electron chi connectivity index (χ2n) is 5.30. The molecule has 0 aliphatic carbocycles. The zero-order valence-electron chi connectivity index (χ0n) is 12.2. The number of nitrogens with zero attached hydrogens (tertiary/aromatic N) is 2. The molecule has 2 unspecified atom stereocenters. The van der Waals surface area contributed by atoms with Crippen LogP contribution in [0.5, 0.6) is 0 Å². The first-order valence-electron chi connectivity index (χ1n) is 7.05. The Kier molecular flexibility index (Phi) is 4.37. The molecular formula is C15H21N3O2. The quantitative estimate of drug-likeness (QED) is 0.903. The molecule has 2 rings (SSSR count). The molecule has 0 bridgehead atoms. The smallest absolute Gasteiger partial charge is 0.246 e. The first-order valence-corrected chi connectivity index (χ1v) is 7.05. The summed E-state index contributed by atoms with van der Waals surface area (Å²) in [5, 5.41) is 2.80. The van der Waals surface area contributed by atoms with E-state index in [-0.39, 0.29) is 17.9 Å². The molecule has 2 amide bonds. The molecule has 108 valence electrons. The van der Waals surface area contributed by atoms with Gasteiger partial charge in [-0.15, -0.1) is 0 Å². The van der Waals surface area contributed by atoms with Crippen LogP contribution in [0.25, 0.3) is 0 Å². The number of aryl methyl sites for hydroxylation is 1. The van der Waals surface area contributed by atoms with Crippen molar-refractivity contribution in [2.75, 3.05) is 0 Å². The van der Waals surface area contributed by atoms with Crippen LogP contribution in [-0.2, 0) is 16.1 Å². The third-order valence-electron chi connectivity index (χ3n) is 3.65. The summed E-state index contributed by atoms with van der Waals surface area (Å²) in [6, 6.07) is 3.04. The van der Waals surface area contributed by atoms with Crippen molar-refractivity contribution in [3.63, 3.8) is 0 Å². The van der Waals surface area contributed by atoms with Gasteiger partial charge in [0.25, 0.3) is 0 Å². The van der Waals surface area contributed by atoms with Gasteiger partial charge in [0.15, 0.2) is 0 Å². The van der Waals surface area contributed by atoms with Crippen LogP contribution >= 0.6 is 0 Å². The number of nitrogens with one attached hydrogen (secondary N) is 1. The lowest BCUT2D eigenvalue weighted by molar-refractivity contribution is -0.149. The topological polar surface area (TPSA) is 62.3 Å². The maximum atomic E-state index is 12.4. The molecular weight excluding hydrogens is 254 g/mol. The van der Waals surface area contributed by atoms with Gasteiger partial charge < -0.3 is 10.2 Å². The fourth-order valence-electron chi connectivity index (χ4n) is 2.37. The Morgan fingerprint density at radius 3 is 2.70 bits per heavy atom. The van der Waals surface area contributed by atoms with Gasteiger partial charge in [-0.1, -0.05) is 19.4 Å². The Hall–Kier alpha value is -1.91. The fourth-order valence-corrected chi connectivity index (χ4v) is 2.37. The van der Waals surface area contributed by atoms with Crippen LogP contribution in [0.3, 0.4) is 0 Å². The van der Waals surface area contributed by atoms with E-state index in [0.29, 0.717) is 13.0 Å². The van der Waals surface area contributed by atoms with Gasteiger partial charge >= 0.3 is 0 Å². The predicted molar refractivity (Wildman–Crippen MR) is 75.8 cm³/mol. The number of hydrogen-bond acceptors (Lipinski definition) is 3. The minimum Gasteiger partial charge on any atom is -0.343 e. The standard InChI is InChI=1S/C15H21N3O2/c1-4-5-13-15(20)18(11(3)14(19)17-13)9-12-7-6-10(2)16-8-12/h6-8,11,13H,4-5,9H2,1-3H3,(H,17,19). The molecule has 0 spiro atoms. The van der Waals surface area contributed by atoms with Crippen molar-refractivity contribution < 1.29 is 9.59 Å². The van der Waals surface area contributed by atoms with Crippen LogP contribution in [0, 0.1) is 6.92 Å². The highest BCUT2D eigenvalue weighted by Crippen LogP contribution is 2.16. The van der Waals surface area contributed by atoms with E-state index < -0.39 is 6.04 Å². The summed E-state index contributed by atoms with van der Waals surface area (Å²) in [6.45, 7) is 6.12. The van der Waals surface area contributed by atoms with Gasteiger partial charge in [-0.2, -0.15) is 0 Å². The maximum absolute atomic E-state index is 12.4. The van der Waals surface area contributed by atoms with E-state index >= 15 is 0 Å². The number of carbonyl (C=O) groups is 2. The second kappa shape index (κ2) is 6.03. The van der Waals surface area contributed by atoms with E-state index in [0.717, 1.165) is 17.7 Å². The Balaban J connectivity index is 2.16. The zero-order valence-corrected chi connectivity index (χ0v) is 12.2. The molecule has 2 atom stereocenters. The molecule has 1 fully saturated rings. The van der Waals surface area contributed by atoms with Gasteiger partial charge in [-0.3, -0.25) is 14.6 Å². The van der Waals surface area contributed by atoms with Crippen LogP contribution in [0.15, 0.2) is 18.3 Å². The van der Waals surface area contributed by atoms with E-state index in [1.807, 2.05) is 26.0 Å². The van der Waals surface area contributed by atoms with Gasteiger partial charge in [-0.25, -0.2) is 0 Å². The third kappa shape index (κ3) is 2.98. The summed E-state index contributed by atoms with van der Waals surface area (Å²) < 4.78 is 0. The molecule has 0 aromatic carbocycles. The van der Waals surface area contributed by atoms with Crippen molar-refractivity contribution in [3.8, 4) is 0 Å². The van der Waals surface area contributed by atoms with Gasteiger partial charge in [0.2, 0.25) is 11.8 Å². The summed E-state index contributed by atoms with van der Waals surface area (Å²) in [7, 11) is 0. The summed E-state index contributed by atoms with van der Waals surface area (Å²) in [4.78, 5) is 30.3. The molecule has 0 radical (unpaired) electrons. The van der Waals surface area contributed by atoms with E-state index in [1.54, 1.807) is 18.0 Å². The van der Waals surface area contributed by atoms with Crippen LogP contribution in [0.4, 0.5) is 0 Å². The highest BCUT2D eigenvalue weighted by molar-refractivity contribution is 5.96. The molecule has 1 aromatic rings. The molecule has 1 saturated heterocycles. The van der Waals surface area contributed by atoms with Crippen molar-refractivity contribution in [1.82, 2.24) is 15.2 Å². The van der Waals surface area contributed by atoms with Gasteiger partial charge in [0.05, 0.1) is 0 Å². The van der Waals surface area contributed by atoms with Crippen LogP contribution < -0.4 is 5.32 Å². The molecule has 0 saturated carbocycles. The molecule has 1 aromatic heterocycles. The van der Waals surface area contributed by atoms with Gasteiger partial charge in [0, 0.05) is 18.4 Å². The zero-order chi connectivity index (χ0) is 14.7. The molecule has 2 heterocycles.